The van der Waals surface area contributed by atoms with Crippen molar-refractivity contribution in [3.8, 4) is 0 Å². The number of aliphatic hydroxyl groups excluding tert-OH is 1. The van der Waals surface area contributed by atoms with Gasteiger partial charge in [-0.2, -0.15) is 5.10 Å². The lowest BCUT2D eigenvalue weighted by molar-refractivity contribution is 0.0692. The summed E-state index contributed by atoms with van der Waals surface area (Å²) in [5.41, 5.74) is 1.35. The monoisotopic (exact) mass is 318 g/mol. The van der Waals surface area contributed by atoms with E-state index in [1.165, 1.54) is 0 Å². The zero-order chi connectivity index (χ0) is 16.4. The molecule has 2 N–H and O–H groups in total. The smallest absolute Gasteiger partial charge is 0.322 e. The number of carbonyl (C=O) groups is 1. The number of hydrogen-bond donors (Lipinski definition) is 2. The van der Waals surface area contributed by atoms with E-state index in [1.807, 2.05) is 11.8 Å². The third-order valence-electron chi connectivity index (χ3n) is 3.99. The highest BCUT2D eigenvalue weighted by Crippen LogP contribution is 2.13. The zero-order valence-corrected chi connectivity index (χ0v) is 13.4. The molecule has 1 aliphatic rings. The summed E-state index contributed by atoms with van der Waals surface area (Å²) in [7, 11) is 0. The lowest BCUT2D eigenvalue weighted by Crippen LogP contribution is -2.56. The van der Waals surface area contributed by atoms with Crippen molar-refractivity contribution >= 4 is 17.4 Å². The minimum atomic E-state index is -0.352. The van der Waals surface area contributed by atoms with Crippen LogP contribution in [-0.4, -0.2) is 73.9 Å². The van der Waals surface area contributed by atoms with Crippen LogP contribution >= 0.6 is 0 Å². The molecule has 2 aromatic heterocycles. The van der Waals surface area contributed by atoms with Gasteiger partial charge >= 0.3 is 6.03 Å². The first-order valence-corrected chi connectivity index (χ1v) is 7.80. The number of aromatic nitrogens is 3. The Balaban J connectivity index is 1.61. The van der Waals surface area contributed by atoms with Gasteiger partial charge < -0.3 is 15.3 Å². The molecule has 23 heavy (non-hydrogen) atoms. The van der Waals surface area contributed by atoms with Crippen LogP contribution in [0.15, 0.2) is 24.7 Å². The Morgan fingerprint density at radius 2 is 2.35 bits per heavy atom. The maximum absolute atomic E-state index is 12.5. The average molecular weight is 318 g/mol. The van der Waals surface area contributed by atoms with Crippen LogP contribution in [0.4, 0.5) is 10.5 Å². The fourth-order valence-corrected chi connectivity index (χ4v) is 2.94. The molecule has 3 heterocycles. The molecule has 1 aliphatic heterocycles. The second-order valence-corrected chi connectivity index (χ2v) is 6.06. The number of carbonyl (C=O) groups excluding carboxylic acids is 1. The van der Waals surface area contributed by atoms with E-state index in [0.717, 1.165) is 18.7 Å². The summed E-state index contributed by atoms with van der Waals surface area (Å²) in [5.74, 6) is 0. The summed E-state index contributed by atoms with van der Waals surface area (Å²) < 4.78 is 1.62. The maximum Gasteiger partial charge on any atom is 0.322 e. The molecule has 0 saturated carbocycles. The van der Waals surface area contributed by atoms with Gasteiger partial charge in [0.1, 0.15) is 0 Å². The number of nitrogens with zero attached hydrogens (tertiary/aromatic N) is 5. The highest BCUT2D eigenvalue weighted by molar-refractivity contribution is 5.89. The molecule has 2 aromatic rings. The van der Waals surface area contributed by atoms with E-state index < -0.39 is 0 Å². The molecule has 3 rings (SSSR count). The lowest BCUT2D eigenvalue weighted by Gasteiger charge is -2.40. The Morgan fingerprint density at radius 3 is 3.09 bits per heavy atom. The van der Waals surface area contributed by atoms with Crippen molar-refractivity contribution in [3.63, 3.8) is 0 Å². The summed E-state index contributed by atoms with van der Waals surface area (Å²) in [6.07, 6.45) is 4.68. The largest absolute Gasteiger partial charge is 0.392 e. The second-order valence-electron chi connectivity index (χ2n) is 6.06. The molecule has 124 valence electrons. The fraction of sp³-hybridized carbons (Fsp3) is 0.533. The highest BCUT2D eigenvalue weighted by atomic mass is 16.3. The van der Waals surface area contributed by atoms with Crippen LogP contribution in [0.5, 0.6) is 0 Å². The first-order chi connectivity index (χ1) is 11.0. The first-order valence-electron chi connectivity index (χ1n) is 7.80. The quantitative estimate of drug-likeness (QED) is 0.868. The average Bonchev–Trinajstić information content (AvgIpc) is 2.94. The molecule has 1 fully saturated rings. The predicted octanol–water partition coefficient (Wildman–Crippen LogP) is 0.648. The summed E-state index contributed by atoms with van der Waals surface area (Å²) >= 11 is 0. The number of urea groups is 1. The van der Waals surface area contributed by atoms with Gasteiger partial charge in [0, 0.05) is 38.3 Å². The summed E-state index contributed by atoms with van der Waals surface area (Å²) in [6, 6.07) is 1.75. The first kappa shape index (κ1) is 15.7. The molecule has 0 radical (unpaired) electrons. The number of β-amino-alcohol motifs (C(OH)–C–C–N with tert-alkyl or cyclic N) is 1. The van der Waals surface area contributed by atoms with E-state index in [-0.39, 0.29) is 18.2 Å². The van der Waals surface area contributed by atoms with Crippen molar-refractivity contribution in [3.05, 3.63) is 24.7 Å². The minimum absolute atomic E-state index is 0.0869. The summed E-state index contributed by atoms with van der Waals surface area (Å²) in [4.78, 5) is 20.7. The van der Waals surface area contributed by atoms with Gasteiger partial charge in [-0.05, 0) is 13.8 Å². The van der Waals surface area contributed by atoms with Gasteiger partial charge in [-0.3, -0.25) is 4.90 Å². The number of fused-ring (bicyclic) bond motifs is 1. The Bertz CT molecular complexity index is 685. The van der Waals surface area contributed by atoms with Gasteiger partial charge in [-0.25, -0.2) is 14.3 Å². The van der Waals surface area contributed by atoms with Crippen LogP contribution in [0.2, 0.25) is 0 Å². The van der Waals surface area contributed by atoms with E-state index in [2.05, 4.69) is 20.3 Å². The molecule has 0 bridgehead atoms. The number of nitrogens with one attached hydrogen (secondary N) is 1. The molecule has 8 nitrogen and oxygen atoms in total. The van der Waals surface area contributed by atoms with Crippen LogP contribution in [0.1, 0.15) is 13.8 Å². The van der Waals surface area contributed by atoms with E-state index in [0.29, 0.717) is 18.8 Å². The standard InChI is InChI=1S/C15H22N6O2/c1-11-8-19(9-12(2)22)5-6-20(11)15(23)18-13-7-16-14-3-4-17-21(14)10-13/h3-4,7,10-12,22H,5-6,8-9H2,1-2H3,(H,18,23). The van der Waals surface area contributed by atoms with Crippen LogP contribution in [0.25, 0.3) is 5.65 Å². The molecular weight excluding hydrogens is 296 g/mol. The molecular formula is C15H22N6O2. The van der Waals surface area contributed by atoms with Gasteiger partial charge in [0.2, 0.25) is 0 Å². The Hall–Kier alpha value is -2.19. The third kappa shape index (κ3) is 3.59. The topological polar surface area (TPSA) is 86.0 Å². The fourth-order valence-electron chi connectivity index (χ4n) is 2.94. The lowest BCUT2D eigenvalue weighted by atomic mass is 10.2. The number of aliphatic hydroxyl groups is 1. The predicted molar refractivity (Wildman–Crippen MR) is 86.3 cm³/mol. The van der Waals surface area contributed by atoms with Gasteiger partial charge in [-0.15, -0.1) is 0 Å². The number of rotatable bonds is 3. The highest BCUT2D eigenvalue weighted by Gasteiger charge is 2.27. The van der Waals surface area contributed by atoms with Crippen molar-refractivity contribution in [1.29, 1.82) is 0 Å². The van der Waals surface area contributed by atoms with Crippen LogP contribution in [0, 0.1) is 0 Å². The number of amides is 2. The molecule has 1 saturated heterocycles. The van der Waals surface area contributed by atoms with Gasteiger partial charge in [-0.1, -0.05) is 0 Å². The Morgan fingerprint density at radius 1 is 1.52 bits per heavy atom. The third-order valence-corrected chi connectivity index (χ3v) is 3.99. The molecule has 8 heteroatoms. The molecule has 2 amide bonds. The Kier molecular flexibility index (Phi) is 4.44. The normalized spacial score (nSPS) is 20.7. The number of anilines is 1. The van der Waals surface area contributed by atoms with Crippen LogP contribution in [-0.2, 0) is 0 Å². The van der Waals surface area contributed by atoms with Crippen molar-refractivity contribution < 1.29 is 9.90 Å². The van der Waals surface area contributed by atoms with E-state index in [1.54, 1.807) is 36.1 Å². The van der Waals surface area contributed by atoms with E-state index in [9.17, 15) is 9.90 Å². The maximum atomic E-state index is 12.5. The van der Waals surface area contributed by atoms with Crippen molar-refractivity contribution in [2.45, 2.75) is 26.0 Å². The zero-order valence-electron chi connectivity index (χ0n) is 13.4. The Labute approximate surface area is 134 Å². The number of hydrogen-bond acceptors (Lipinski definition) is 5. The van der Waals surface area contributed by atoms with E-state index in [4.69, 9.17) is 0 Å². The van der Waals surface area contributed by atoms with E-state index >= 15 is 0 Å². The van der Waals surface area contributed by atoms with Crippen molar-refractivity contribution in [1.82, 2.24) is 24.4 Å². The second kappa shape index (κ2) is 6.51. The molecule has 0 aliphatic carbocycles. The molecule has 0 aromatic carbocycles. The van der Waals surface area contributed by atoms with Crippen LogP contribution in [0.3, 0.4) is 0 Å². The number of piperazine rings is 1. The van der Waals surface area contributed by atoms with Gasteiger partial charge in [0.15, 0.2) is 5.65 Å². The van der Waals surface area contributed by atoms with Crippen molar-refractivity contribution in [2.24, 2.45) is 0 Å². The van der Waals surface area contributed by atoms with Crippen molar-refractivity contribution in [2.75, 3.05) is 31.5 Å². The summed E-state index contributed by atoms with van der Waals surface area (Å²) in [6.45, 7) is 6.59. The van der Waals surface area contributed by atoms with Gasteiger partial charge in [0.25, 0.3) is 0 Å². The van der Waals surface area contributed by atoms with Gasteiger partial charge in [0.05, 0.1) is 30.4 Å². The molecule has 2 atom stereocenters. The minimum Gasteiger partial charge on any atom is -0.392 e. The SMILES string of the molecule is CC(O)CN1CCN(C(=O)Nc2cnc3ccnn3c2)C(C)C1. The molecule has 0 spiro atoms. The summed E-state index contributed by atoms with van der Waals surface area (Å²) in [5, 5.41) is 16.5. The van der Waals surface area contributed by atoms with Crippen LogP contribution < -0.4 is 5.32 Å². The molecule has 2 unspecified atom stereocenters.